The fourth-order valence-electron chi connectivity index (χ4n) is 4.46. The molecule has 0 spiro atoms. The van der Waals surface area contributed by atoms with Crippen molar-refractivity contribution in [3.05, 3.63) is 63.6 Å². The van der Waals surface area contributed by atoms with Crippen LogP contribution in [0.25, 0.3) is 0 Å². The summed E-state index contributed by atoms with van der Waals surface area (Å²) in [6, 6.07) is 13.3. The molecule has 0 saturated heterocycles. The summed E-state index contributed by atoms with van der Waals surface area (Å²) in [4.78, 5) is 28.3. The second kappa shape index (κ2) is 12.2. The Morgan fingerprint density at radius 1 is 1.09 bits per heavy atom. The Hall–Kier alpha value is -2.34. The molecule has 0 aromatic heterocycles. The minimum atomic E-state index is -0.531. The zero-order chi connectivity index (χ0) is 23.8. The quantitative estimate of drug-likeness (QED) is 0.466. The molecule has 178 valence electrons. The summed E-state index contributed by atoms with van der Waals surface area (Å²) in [5.41, 5.74) is 3.10. The number of aryl methyl sites for hydroxylation is 2. The van der Waals surface area contributed by atoms with E-state index in [1.165, 1.54) is 6.42 Å². The number of benzene rings is 2. The van der Waals surface area contributed by atoms with Gasteiger partial charge in [0.05, 0.1) is 0 Å². The first-order valence-electron chi connectivity index (χ1n) is 11.9. The predicted octanol–water partition coefficient (Wildman–Crippen LogP) is 5.70. The number of amides is 2. The van der Waals surface area contributed by atoms with Crippen LogP contribution in [0.1, 0.15) is 62.1 Å². The molecule has 33 heavy (non-hydrogen) atoms. The van der Waals surface area contributed by atoms with Gasteiger partial charge in [0.2, 0.25) is 5.91 Å². The summed E-state index contributed by atoms with van der Waals surface area (Å²) in [5.74, 6) is 0.396. The van der Waals surface area contributed by atoms with Crippen LogP contribution in [0.2, 0.25) is 0 Å². The van der Waals surface area contributed by atoms with E-state index in [2.05, 4.69) is 21.2 Å². The molecule has 0 heterocycles. The standard InChI is InChI=1S/C27H35BrN2O3/c1-4-24(27(32)29-22-13-9-6-10-14-22)30(17-21-11-7-5-8-12-21)25(31)18-33-23-15-19(2)26(28)20(3)16-23/h5,7-8,11-12,15-16,22,24H,4,6,9-10,13-14,17-18H2,1-3H3,(H,29,32). The molecule has 1 fully saturated rings. The van der Waals surface area contributed by atoms with Gasteiger partial charge in [0.1, 0.15) is 11.8 Å². The van der Waals surface area contributed by atoms with Gasteiger partial charge >= 0.3 is 0 Å². The number of nitrogens with zero attached hydrogens (tertiary/aromatic N) is 1. The summed E-state index contributed by atoms with van der Waals surface area (Å²) in [6.07, 6.45) is 6.10. The van der Waals surface area contributed by atoms with Crippen LogP contribution in [-0.2, 0) is 16.1 Å². The smallest absolute Gasteiger partial charge is 0.261 e. The van der Waals surface area contributed by atoms with Crippen molar-refractivity contribution in [3.8, 4) is 5.75 Å². The second-order valence-electron chi connectivity index (χ2n) is 8.93. The molecular weight excluding hydrogens is 480 g/mol. The predicted molar refractivity (Wildman–Crippen MR) is 135 cm³/mol. The second-order valence-corrected chi connectivity index (χ2v) is 9.73. The molecule has 0 radical (unpaired) electrons. The number of halogens is 1. The molecule has 5 nitrogen and oxygen atoms in total. The maximum absolute atomic E-state index is 13.4. The topological polar surface area (TPSA) is 58.6 Å². The molecule has 1 aliphatic carbocycles. The largest absolute Gasteiger partial charge is 0.484 e. The summed E-state index contributed by atoms with van der Waals surface area (Å²) in [6.45, 7) is 6.21. The van der Waals surface area contributed by atoms with E-state index in [0.29, 0.717) is 18.7 Å². The van der Waals surface area contributed by atoms with Crippen LogP contribution in [0, 0.1) is 13.8 Å². The Kier molecular flexibility index (Phi) is 9.36. The van der Waals surface area contributed by atoms with E-state index >= 15 is 0 Å². The van der Waals surface area contributed by atoms with Gasteiger partial charge in [0.15, 0.2) is 6.61 Å². The zero-order valence-electron chi connectivity index (χ0n) is 19.9. The summed E-state index contributed by atoms with van der Waals surface area (Å²) in [5, 5.41) is 3.21. The molecular formula is C27H35BrN2O3. The number of hydrogen-bond acceptors (Lipinski definition) is 3. The van der Waals surface area contributed by atoms with Crippen molar-refractivity contribution < 1.29 is 14.3 Å². The molecule has 3 rings (SSSR count). The normalized spacial score (nSPS) is 15.0. The van der Waals surface area contributed by atoms with Crippen LogP contribution in [0.4, 0.5) is 0 Å². The van der Waals surface area contributed by atoms with E-state index in [1.54, 1.807) is 4.90 Å². The lowest BCUT2D eigenvalue weighted by molar-refractivity contribution is -0.143. The van der Waals surface area contributed by atoms with E-state index in [-0.39, 0.29) is 24.5 Å². The highest BCUT2D eigenvalue weighted by molar-refractivity contribution is 9.10. The molecule has 0 bridgehead atoms. The number of nitrogens with one attached hydrogen (secondary N) is 1. The molecule has 6 heteroatoms. The van der Waals surface area contributed by atoms with E-state index in [4.69, 9.17) is 4.74 Å². The first-order chi connectivity index (χ1) is 15.9. The van der Waals surface area contributed by atoms with E-state index < -0.39 is 6.04 Å². The lowest BCUT2D eigenvalue weighted by Gasteiger charge is -2.32. The van der Waals surface area contributed by atoms with Crippen LogP contribution >= 0.6 is 15.9 Å². The monoisotopic (exact) mass is 514 g/mol. The summed E-state index contributed by atoms with van der Waals surface area (Å²) < 4.78 is 6.92. The van der Waals surface area contributed by atoms with Gasteiger partial charge in [-0.1, -0.05) is 72.4 Å². The minimum Gasteiger partial charge on any atom is -0.484 e. The summed E-state index contributed by atoms with van der Waals surface area (Å²) in [7, 11) is 0. The van der Waals surface area contributed by atoms with Gasteiger partial charge in [0.25, 0.3) is 5.91 Å². The Labute approximate surface area is 206 Å². The van der Waals surface area contributed by atoms with Gasteiger partial charge < -0.3 is 15.0 Å². The zero-order valence-corrected chi connectivity index (χ0v) is 21.5. The van der Waals surface area contributed by atoms with Gasteiger partial charge in [-0.15, -0.1) is 0 Å². The third-order valence-corrected chi connectivity index (χ3v) is 7.56. The fourth-order valence-corrected chi connectivity index (χ4v) is 4.69. The average Bonchev–Trinajstić information content (AvgIpc) is 2.82. The molecule has 0 aliphatic heterocycles. The van der Waals surface area contributed by atoms with Crippen molar-refractivity contribution in [1.82, 2.24) is 10.2 Å². The van der Waals surface area contributed by atoms with Crippen LogP contribution < -0.4 is 10.1 Å². The van der Waals surface area contributed by atoms with Crippen molar-refractivity contribution in [2.24, 2.45) is 0 Å². The van der Waals surface area contributed by atoms with Crippen molar-refractivity contribution in [2.75, 3.05) is 6.61 Å². The number of rotatable bonds is 9. The first kappa shape index (κ1) is 25.3. The van der Waals surface area contributed by atoms with Gasteiger partial charge in [-0.2, -0.15) is 0 Å². The molecule has 1 aliphatic rings. The lowest BCUT2D eigenvalue weighted by Crippen LogP contribution is -2.52. The Morgan fingerprint density at radius 3 is 2.33 bits per heavy atom. The third-order valence-electron chi connectivity index (χ3n) is 6.31. The first-order valence-corrected chi connectivity index (χ1v) is 12.7. The Morgan fingerprint density at radius 2 is 1.73 bits per heavy atom. The number of ether oxygens (including phenoxy) is 1. The molecule has 1 atom stereocenters. The van der Waals surface area contributed by atoms with Gasteiger partial charge in [0, 0.05) is 17.1 Å². The van der Waals surface area contributed by atoms with Gasteiger partial charge in [-0.3, -0.25) is 9.59 Å². The van der Waals surface area contributed by atoms with Crippen LogP contribution in [0.3, 0.4) is 0 Å². The van der Waals surface area contributed by atoms with Crippen molar-refractivity contribution in [1.29, 1.82) is 0 Å². The van der Waals surface area contributed by atoms with Gasteiger partial charge in [-0.25, -0.2) is 0 Å². The number of carbonyl (C=O) groups is 2. The molecule has 1 saturated carbocycles. The number of carbonyl (C=O) groups excluding carboxylic acids is 2. The number of hydrogen-bond donors (Lipinski definition) is 1. The Bertz CT molecular complexity index is 919. The minimum absolute atomic E-state index is 0.0657. The van der Waals surface area contributed by atoms with Crippen molar-refractivity contribution in [2.45, 2.75) is 77.9 Å². The molecule has 1 unspecified atom stereocenters. The SMILES string of the molecule is CCC(C(=O)NC1CCCCC1)N(Cc1ccccc1)C(=O)COc1cc(C)c(Br)c(C)c1. The fraction of sp³-hybridized carbons (Fsp3) is 0.481. The van der Waals surface area contributed by atoms with Crippen LogP contribution in [0.15, 0.2) is 46.9 Å². The molecule has 1 N–H and O–H groups in total. The molecule has 2 amide bonds. The van der Waals surface area contributed by atoms with Crippen molar-refractivity contribution >= 4 is 27.7 Å². The van der Waals surface area contributed by atoms with E-state index in [9.17, 15) is 9.59 Å². The maximum atomic E-state index is 13.4. The Balaban J connectivity index is 1.75. The third kappa shape index (κ3) is 7.07. The van der Waals surface area contributed by atoms with Crippen LogP contribution in [-0.4, -0.2) is 35.4 Å². The van der Waals surface area contributed by atoms with Crippen molar-refractivity contribution in [3.63, 3.8) is 0 Å². The highest BCUT2D eigenvalue weighted by Crippen LogP contribution is 2.26. The highest BCUT2D eigenvalue weighted by Gasteiger charge is 2.30. The maximum Gasteiger partial charge on any atom is 0.261 e. The summed E-state index contributed by atoms with van der Waals surface area (Å²) >= 11 is 3.56. The molecule has 2 aromatic rings. The van der Waals surface area contributed by atoms with Crippen LogP contribution in [0.5, 0.6) is 5.75 Å². The molecule has 2 aromatic carbocycles. The van der Waals surface area contributed by atoms with Gasteiger partial charge in [-0.05, 0) is 61.9 Å². The average molecular weight is 515 g/mol. The lowest BCUT2D eigenvalue weighted by atomic mass is 9.95. The van der Waals surface area contributed by atoms with E-state index in [1.807, 2.05) is 63.2 Å². The van der Waals surface area contributed by atoms with E-state index in [0.717, 1.165) is 46.8 Å². The highest BCUT2D eigenvalue weighted by atomic mass is 79.9.